The van der Waals surface area contributed by atoms with Crippen molar-refractivity contribution in [2.45, 2.75) is 19.1 Å². The van der Waals surface area contributed by atoms with Crippen molar-refractivity contribution < 1.29 is 14.6 Å². The van der Waals surface area contributed by atoms with Crippen molar-refractivity contribution >= 4 is 17.2 Å². The number of aliphatic hydroxyl groups excluding tert-OH is 1. The number of rotatable bonds is 7. The van der Waals surface area contributed by atoms with Crippen LogP contribution in [0, 0.1) is 0 Å². The van der Waals surface area contributed by atoms with Crippen LogP contribution in [0.15, 0.2) is 72.1 Å². The molecule has 0 saturated heterocycles. The van der Waals surface area contributed by atoms with Gasteiger partial charge in [-0.25, -0.2) is 0 Å². The zero-order chi connectivity index (χ0) is 18.4. The smallest absolute Gasteiger partial charge is 0.260 e. The van der Waals surface area contributed by atoms with Crippen LogP contribution in [0.25, 0.3) is 10.4 Å². The van der Waals surface area contributed by atoms with Crippen LogP contribution in [0.2, 0.25) is 0 Å². The standard InChI is InChI=1S/C21H21NO3S/c1-15(25-18-6-3-2-4-7-18)21(24)22-14-19(23)16-9-11-17(12-10-16)20-8-5-13-26-20/h2-13,15,19,23H,14H2,1H3,(H,22,24). The number of aliphatic hydroxyl groups is 1. The van der Waals surface area contributed by atoms with E-state index in [1.807, 2.05) is 53.9 Å². The minimum atomic E-state index is -0.764. The predicted octanol–water partition coefficient (Wildman–Crippen LogP) is 4.03. The summed E-state index contributed by atoms with van der Waals surface area (Å²) in [6.07, 6.45) is -1.40. The van der Waals surface area contributed by atoms with E-state index in [1.54, 1.807) is 30.4 Å². The van der Waals surface area contributed by atoms with E-state index in [0.29, 0.717) is 5.75 Å². The van der Waals surface area contributed by atoms with Gasteiger partial charge in [-0.2, -0.15) is 0 Å². The molecule has 2 aromatic carbocycles. The van der Waals surface area contributed by atoms with Gasteiger partial charge in [-0.1, -0.05) is 48.5 Å². The number of hydrogen-bond acceptors (Lipinski definition) is 4. The van der Waals surface area contributed by atoms with Gasteiger partial charge in [0, 0.05) is 11.4 Å². The highest BCUT2D eigenvalue weighted by Gasteiger charge is 2.16. The molecule has 26 heavy (non-hydrogen) atoms. The second-order valence-corrected chi connectivity index (χ2v) is 6.88. The topological polar surface area (TPSA) is 58.6 Å². The summed E-state index contributed by atoms with van der Waals surface area (Å²) < 4.78 is 5.58. The van der Waals surface area contributed by atoms with E-state index in [0.717, 1.165) is 11.1 Å². The number of hydrogen-bond donors (Lipinski definition) is 2. The molecule has 134 valence electrons. The molecule has 2 N–H and O–H groups in total. The molecule has 5 heteroatoms. The lowest BCUT2D eigenvalue weighted by molar-refractivity contribution is -0.127. The van der Waals surface area contributed by atoms with Crippen LogP contribution in [0.3, 0.4) is 0 Å². The summed E-state index contributed by atoms with van der Waals surface area (Å²) in [7, 11) is 0. The Bertz CT molecular complexity index is 816. The van der Waals surface area contributed by atoms with E-state index in [9.17, 15) is 9.90 Å². The molecule has 0 saturated carbocycles. The van der Waals surface area contributed by atoms with E-state index in [2.05, 4.69) is 11.4 Å². The molecular formula is C21H21NO3S. The third-order valence-corrected chi connectivity index (χ3v) is 4.92. The first-order chi connectivity index (χ1) is 12.6. The van der Waals surface area contributed by atoms with Crippen molar-refractivity contribution in [2.24, 2.45) is 0 Å². The summed E-state index contributed by atoms with van der Waals surface area (Å²) >= 11 is 1.67. The van der Waals surface area contributed by atoms with Crippen molar-refractivity contribution in [2.75, 3.05) is 6.54 Å². The maximum atomic E-state index is 12.1. The lowest BCUT2D eigenvalue weighted by atomic mass is 10.1. The first-order valence-electron chi connectivity index (χ1n) is 8.45. The van der Waals surface area contributed by atoms with Crippen LogP contribution < -0.4 is 10.1 Å². The van der Waals surface area contributed by atoms with Gasteiger partial charge in [-0.15, -0.1) is 11.3 Å². The fraction of sp³-hybridized carbons (Fsp3) is 0.190. The Hall–Kier alpha value is -2.63. The molecule has 0 aliphatic heterocycles. The molecule has 0 bridgehead atoms. The summed E-state index contributed by atoms with van der Waals surface area (Å²) in [6, 6.07) is 21.0. The highest BCUT2D eigenvalue weighted by atomic mass is 32.1. The molecule has 1 heterocycles. The van der Waals surface area contributed by atoms with Crippen LogP contribution in [0.4, 0.5) is 0 Å². The second kappa shape index (κ2) is 8.65. The summed E-state index contributed by atoms with van der Waals surface area (Å²) in [5.41, 5.74) is 1.88. The van der Waals surface area contributed by atoms with Gasteiger partial charge in [0.05, 0.1) is 6.10 Å². The third kappa shape index (κ3) is 4.71. The summed E-state index contributed by atoms with van der Waals surface area (Å²) in [5.74, 6) is 0.378. The lowest BCUT2D eigenvalue weighted by Crippen LogP contribution is -2.38. The van der Waals surface area contributed by atoms with Crippen LogP contribution >= 0.6 is 11.3 Å². The molecule has 3 rings (SSSR count). The molecule has 1 aromatic heterocycles. The second-order valence-electron chi connectivity index (χ2n) is 5.93. The fourth-order valence-corrected chi connectivity index (χ4v) is 3.26. The SMILES string of the molecule is CC(Oc1ccccc1)C(=O)NCC(O)c1ccc(-c2cccs2)cc1. The maximum absolute atomic E-state index is 12.1. The van der Waals surface area contributed by atoms with E-state index in [4.69, 9.17) is 4.74 Å². The van der Waals surface area contributed by atoms with E-state index in [-0.39, 0.29) is 12.5 Å². The lowest BCUT2D eigenvalue weighted by Gasteiger charge is -2.17. The predicted molar refractivity (Wildman–Crippen MR) is 104 cm³/mol. The first-order valence-corrected chi connectivity index (χ1v) is 9.33. The van der Waals surface area contributed by atoms with Gasteiger partial charge in [0.25, 0.3) is 5.91 Å². The van der Waals surface area contributed by atoms with Gasteiger partial charge < -0.3 is 15.2 Å². The van der Waals surface area contributed by atoms with E-state index in [1.165, 1.54) is 4.88 Å². The first kappa shape index (κ1) is 18.2. The van der Waals surface area contributed by atoms with Gasteiger partial charge in [0.1, 0.15) is 5.75 Å². The molecule has 0 fully saturated rings. The summed E-state index contributed by atoms with van der Waals surface area (Å²) in [4.78, 5) is 13.3. The van der Waals surface area contributed by atoms with Crippen molar-refractivity contribution in [3.63, 3.8) is 0 Å². The Morgan fingerprint density at radius 1 is 1.08 bits per heavy atom. The number of nitrogens with one attached hydrogen (secondary N) is 1. The Kier molecular flexibility index (Phi) is 6.04. The number of ether oxygens (including phenoxy) is 1. The third-order valence-electron chi connectivity index (χ3n) is 4.00. The van der Waals surface area contributed by atoms with Crippen molar-refractivity contribution in [3.05, 3.63) is 77.7 Å². The van der Waals surface area contributed by atoms with Crippen molar-refractivity contribution in [1.82, 2.24) is 5.32 Å². The molecule has 1 amide bonds. The molecule has 0 radical (unpaired) electrons. The summed E-state index contributed by atoms with van der Waals surface area (Å²) in [5, 5.41) is 15.1. The number of amides is 1. The largest absolute Gasteiger partial charge is 0.481 e. The minimum absolute atomic E-state index is 0.139. The van der Waals surface area contributed by atoms with Gasteiger partial charge in [0.2, 0.25) is 0 Å². The average molecular weight is 367 g/mol. The Morgan fingerprint density at radius 3 is 2.46 bits per heavy atom. The minimum Gasteiger partial charge on any atom is -0.481 e. The summed E-state index contributed by atoms with van der Waals surface area (Å²) in [6.45, 7) is 1.82. The van der Waals surface area contributed by atoms with Crippen LogP contribution in [0.1, 0.15) is 18.6 Å². The number of thiophene rings is 1. The Balaban J connectivity index is 1.51. The van der Waals surface area contributed by atoms with Crippen LogP contribution in [-0.4, -0.2) is 23.7 Å². The molecule has 3 aromatic rings. The zero-order valence-electron chi connectivity index (χ0n) is 14.5. The molecule has 0 spiro atoms. The molecule has 0 aliphatic carbocycles. The van der Waals surface area contributed by atoms with Gasteiger partial charge in [-0.05, 0) is 41.6 Å². The van der Waals surface area contributed by atoms with E-state index < -0.39 is 12.2 Å². The molecule has 0 aliphatic rings. The zero-order valence-corrected chi connectivity index (χ0v) is 15.3. The maximum Gasteiger partial charge on any atom is 0.260 e. The van der Waals surface area contributed by atoms with Crippen molar-refractivity contribution in [1.29, 1.82) is 0 Å². The van der Waals surface area contributed by atoms with Gasteiger partial charge in [-0.3, -0.25) is 4.79 Å². The Morgan fingerprint density at radius 2 is 1.81 bits per heavy atom. The Labute approximate surface area is 157 Å². The normalized spacial score (nSPS) is 13.0. The van der Waals surface area contributed by atoms with Crippen LogP contribution in [-0.2, 0) is 4.79 Å². The number of benzene rings is 2. The average Bonchev–Trinajstić information content (AvgIpc) is 3.21. The highest BCUT2D eigenvalue weighted by molar-refractivity contribution is 7.13. The molecule has 4 nitrogen and oxygen atoms in total. The number of para-hydroxylation sites is 1. The molecular weight excluding hydrogens is 346 g/mol. The van der Waals surface area contributed by atoms with Crippen LogP contribution in [0.5, 0.6) is 5.75 Å². The van der Waals surface area contributed by atoms with Gasteiger partial charge in [0.15, 0.2) is 6.10 Å². The monoisotopic (exact) mass is 367 g/mol. The van der Waals surface area contributed by atoms with Gasteiger partial charge >= 0.3 is 0 Å². The molecule has 2 unspecified atom stereocenters. The number of carbonyl (C=O) groups is 1. The molecule has 2 atom stereocenters. The highest BCUT2D eigenvalue weighted by Crippen LogP contribution is 2.26. The fourth-order valence-electron chi connectivity index (χ4n) is 2.53. The quantitative estimate of drug-likeness (QED) is 0.663. The number of carbonyl (C=O) groups excluding carboxylic acids is 1. The van der Waals surface area contributed by atoms with Crippen molar-refractivity contribution in [3.8, 4) is 16.2 Å². The van der Waals surface area contributed by atoms with E-state index >= 15 is 0 Å².